The lowest BCUT2D eigenvalue weighted by molar-refractivity contribution is -0.138. The fourth-order valence-electron chi connectivity index (χ4n) is 2.44. The molecule has 0 bridgehead atoms. The molecule has 0 spiro atoms. The molecule has 0 saturated heterocycles. The maximum atomic E-state index is 12.5. The Kier molecular flexibility index (Phi) is 5.90. The molecular weight excluding hydrogens is 275 g/mol. The van der Waals surface area contributed by atoms with E-state index in [0.717, 1.165) is 27.8 Å². The van der Waals surface area contributed by atoms with Crippen molar-refractivity contribution in [2.75, 3.05) is 0 Å². The van der Waals surface area contributed by atoms with Gasteiger partial charge in [-0.3, -0.25) is 0 Å². The van der Waals surface area contributed by atoms with Crippen molar-refractivity contribution in [3.63, 3.8) is 0 Å². The first-order chi connectivity index (χ1) is 8.06. The summed E-state index contributed by atoms with van der Waals surface area (Å²) in [5.41, 5.74) is 11.4. The number of rotatable bonds is 2. The van der Waals surface area contributed by atoms with E-state index in [1.54, 1.807) is 0 Å². The van der Waals surface area contributed by atoms with Gasteiger partial charge in [0.1, 0.15) is 0 Å². The van der Waals surface area contributed by atoms with Crippen LogP contribution in [0.25, 0.3) is 0 Å². The molecular formula is C14H21ClF3N. The van der Waals surface area contributed by atoms with Crippen LogP contribution in [-0.2, 0) is 0 Å². The highest BCUT2D eigenvalue weighted by atomic mass is 35.5. The standard InChI is InChI=1S/C14H20F3N.ClH/c1-7-8(2)10(4)13(11(5)9(7)3)12(18)6-14(15,16)17;/h12H,6,18H2,1-5H3;1H/t12-;/m0./s1. The summed E-state index contributed by atoms with van der Waals surface area (Å²) in [5.74, 6) is 0. The van der Waals surface area contributed by atoms with Crippen molar-refractivity contribution in [1.82, 2.24) is 0 Å². The van der Waals surface area contributed by atoms with Crippen molar-refractivity contribution in [3.05, 3.63) is 33.4 Å². The van der Waals surface area contributed by atoms with Crippen LogP contribution in [0.15, 0.2) is 0 Å². The van der Waals surface area contributed by atoms with E-state index in [2.05, 4.69) is 0 Å². The van der Waals surface area contributed by atoms with Crippen LogP contribution in [-0.4, -0.2) is 6.18 Å². The lowest BCUT2D eigenvalue weighted by atomic mass is 9.85. The van der Waals surface area contributed by atoms with Crippen LogP contribution in [0, 0.1) is 34.6 Å². The van der Waals surface area contributed by atoms with E-state index in [-0.39, 0.29) is 12.4 Å². The van der Waals surface area contributed by atoms with Crippen LogP contribution < -0.4 is 5.73 Å². The summed E-state index contributed by atoms with van der Waals surface area (Å²) in [4.78, 5) is 0. The average Bonchev–Trinajstić information content (AvgIpc) is 2.21. The maximum Gasteiger partial charge on any atom is 0.390 e. The predicted octanol–water partition coefficient (Wildman–Crippen LogP) is 4.60. The average molecular weight is 296 g/mol. The SMILES string of the molecule is Cc1c(C)c(C)c([C@@H](N)CC(F)(F)F)c(C)c1C.Cl. The molecule has 1 nitrogen and oxygen atoms in total. The van der Waals surface area contributed by atoms with E-state index in [1.807, 2.05) is 34.6 Å². The molecule has 0 aromatic heterocycles. The minimum Gasteiger partial charge on any atom is -0.324 e. The Bertz CT molecular complexity index is 438. The first-order valence-corrected chi connectivity index (χ1v) is 5.95. The van der Waals surface area contributed by atoms with Crippen molar-refractivity contribution < 1.29 is 13.2 Å². The summed E-state index contributed by atoms with van der Waals surface area (Å²) in [7, 11) is 0. The highest BCUT2D eigenvalue weighted by Crippen LogP contribution is 2.34. The Balaban J connectivity index is 0.00000324. The topological polar surface area (TPSA) is 26.0 Å². The van der Waals surface area contributed by atoms with Crippen molar-refractivity contribution in [1.29, 1.82) is 0 Å². The molecule has 5 heteroatoms. The zero-order valence-electron chi connectivity index (χ0n) is 11.9. The smallest absolute Gasteiger partial charge is 0.324 e. The van der Waals surface area contributed by atoms with Crippen LogP contribution in [0.2, 0.25) is 0 Å². The molecule has 0 aliphatic carbocycles. The van der Waals surface area contributed by atoms with E-state index < -0.39 is 18.6 Å². The van der Waals surface area contributed by atoms with Gasteiger partial charge in [-0.25, -0.2) is 0 Å². The van der Waals surface area contributed by atoms with Crippen LogP contribution in [0.1, 0.15) is 45.8 Å². The lowest BCUT2D eigenvalue weighted by Gasteiger charge is -2.23. The number of nitrogens with two attached hydrogens (primary N) is 1. The second-order valence-corrected chi connectivity index (χ2v) is 4.96. The van der Waals surface area contributed by atoms with Gasteiger partial charge < -0.3 is 5.73 Å². The number of halogens is 4. The van der Waals surface area contributed by atoms with Gasteiger partial charge >= 0.3 is 6.18 Å². The third-order valence-electron chi connectivity index (χ3n) is 3.88. The Morgan fingerprint density at radius 3 is 1.47 bits per heavy atom. The molecule has 0 saturated carbocycles. The molecule has 0 amide bonds. The molecule has 0 fully saturated rings. The Morgan fingerprint density at radius 1 is 0.842 bits per heavy atom. The zero-order valence-corrected chi connectivity index (χ0v) is 12.7. The van der Waals surface area contributed by atoms with Gasteiger partial charge in [-0.2, -0.15) is 13.2 Å². The maximum absolute atomic E-state index is 12.5. The normalized spacial score (nSPS) is 13.1. The highest BCUT2D eigenvalue weighted by Gasteiger charge is 2.32. The van der Waals surface area contributed by atoms with Gasteiger partial charge in [0.25, 0.3) is 0 Å². The summed E-state index contributed by atoms with van der Waals surface area (Å²) < 4.78 is 37.4. The largest absolute Gasteiger partial charge is 0.390 e. The lowest BCUT2D eigenvalue weighted by Crippen LogP contribution is -2.22. The van der Waals surface area contributed by atoms with Gasteiger partial charge in [0.05, 0.1) is 6.42 Å². The zero-order chi connectivity index (χ0) is 14.2. The van der Waals surface area contributed by atoms with Crippen LogP contribution >= 0.6 is 12.4 Å². The number of benzene rings is 1. The second-order valence-electron chi connectivity index (χ2n) is 4.96. The summed E-state index contributed by atoms with van der Waals surface area (Å²) in [6, 6.07) is -0.983. The van der Waals surface area contributed by atoms with Gasteiger partial charge in [-0.05, 0) is 68.0 Å². The molecule has 1 atom stereocenters. The Morgan fingerprint density at radius 2 is 1.16 bits per heavy atom. The molecule has 1 aromatic carbocycles. The molecule has 2 N–H and O–H groups in total. The monoisotopic (exact) mass is 295 g/mol. The molecule has 0 unspecified atom stereocenters. The van der Waals surface area contributed by atoms with Gasteiger partial charge in [0, 0.05) is 6.04 Å². The molecule has 0 heterocycles. The minimum atomic E-state index is -4.23. The third-order valence-corrected chi connectivity index (χ3v) is 3.88. The predicted molar refractivity (Wildman–Crippen MR) is 75.0 cm³/mol. The number of hydrogen-bond acceptors (Lipinski definition) is 1. The number of hydrogen-bond donors (Lipinski definition) is 1. The fraction of sp³-hybridized carbons (Fsp3) is 0.571. The molecule has 1 rings (SSSR count). The quantitative estimate of drug-likeness (QED) is 0.847. The Hall–Kier alpha value is -0.740. The van der Waals surface area contributed by atoms with Gasteiger partial charge in [-0.1, -0.05) is 0 Å². The van der Waals surface area contributed by atoms with Gasteiger partial charge in [-0.15, -0.1) is 12.4 Å². The molecule has 0 aliphatic heterocycles. The van der Waals surface area contributed by atoms with Crippen molar-refractivity contribution in [3.8, 4) is 0 Å². The van der Waals surface area contributed by atoms with E-state index in [1.165, 1.54) is 0 Å². The molecule has 110 valence electrons. The van der Waals surface area contributed by atoms with Crippen LogP contribution in [0.4, 0.5) is 13.2 Å². The van der Waals surface area contributed by atoms with E-state index >= 15 is 0 Å². The van der Waals surface area contributed by atoms with Gasteiger partial charge in [0.15, 0.2) is 0 Å². The summed E-state index contributed by atoms with van der Waals surface area (Å²) in [6.07, 6.45) is -5.21. The van der Waals surface area contributed by atoms with Crippen LogP contribution in [0.3, 0.4) is 0 Å². The highest BCUT2D eigenvalue weighted by molar-refractivity contribution is 5.85. The minimum absolute atomic E-state index is 0. The third kappa shape index (κ3) is 3.86. The molecule has 1 aromatic rings. The first-order valence-electron chi connectivity index (χ1n) is 5.95. The van der Waals surface area contributed by atoms with Crippen molar-refractivity contribution >= 4 is 12.4 Å². The number of alkyl halides is 3. The fourth-order valence-corrected chi connectivity index (χ4v) is 2.44. The van der Waals surface area contributed by atoms with Crippen molar-refractivity contribution in [2.24, 2.45) is 5.73 Å². The summed E-state index contributed by atoms with van der Waals surface area (Å²) in [6.45, 7) is 9.55. The van der Waals surface area contributed by atoms with Crippen LogP contribution in [0.5, 0.6) is 0 Å². The van der Waals surface area contributed by atoms with E-state index in [4.69, 9.17) is 5.73 Å². The van der Waals surface area contributed by atoms with E-state index in [9.17, 15) is 13.2 Å². The van der Waals surface area contributed by atoms with Crippen molar-refractivity contribution in [2.45, 2.75) is 53.3 Å². The Labute approximate surface area is 118 Å². The van der Waals surface area contributed by atoms with Gasteiger partial charge in [0.2, 0.25) is 0 Å². The molecule has 19 heavy (non-hydrogen) atoms. The molecule has 0 radical (unpaired) electrons. The molecule has 0 aliphatic rings. The summed E-state index contributed by atoms with van der Waals surface area (Å²) in [5, 5.41) is 0. The second kappa shape index (κ2) is 6.14. The summed E-state index contributed by atoms with van der Waals surface area (Å²) >= 11 is 0. The first kappa shape index (κ1) is 18.3. The van der Waals surface area contributed by atoms with E-state index in [0.29, 0.717) is 5.56 Å².